The lowest BCUT2D eigenvalue weighted by Crippen LogP contribution is -2.23. The summed E-state index contributed by atoms with van der Waals surface area (Å²) in [4.78, 5) is 29.1. The van der Waals surface area contributed by atoms with Crippen molar-refractivity contribution in [2.45, 2.75) is 39.7 Å². The summed E-state index contributed by atoms with van der Waals surface area (Å²) >= 11 is 10.4. The Hall–Kier alpha value is -2.24. The first kappa shape index (κ1) is 26.4. The van der Waals surface area contributed by atoms with Crippen molar-refractivity contribution in [2.75, 3.05) is 6.61 Å². The molecule has 11 heteroatoms. The summed E-state index contributed by atoms with van der Waals surface area (Å²) in [6, 6.07) is 7.03. The second kappa shape index (κ2) is 11.5. The van der Waals surface area contributed by atoms with Gasteiger partial charge in [0.25, 0.3) is 5.56 Å². The first-order valence-corrected chi connectivity index (χ1v) is 12.9. The quantitative estimate of drug-likeness (QED) is 0.293. The lowest BCUT2D eigenvalue weighted by Gasteiger charge is -2.18. The van der Waals surface area contributed by atoms with Crippen molar-refractivity contribution >= 4 is 70.9 Å². The van der Waals surface area contributed by atoms with Crippen molar-refractivity contribution in [3.05, 3.63) is 59.4 Å². The molecule has 1 atom stereocenters. The van der Waals surface area contributed by atoms with E-state index in [1.165, 1.54) is 17.8 Å². The smallest absolute Gasteiger partial charge is 0.344 e. The monoisotopic (exact) mass is 657 g/mol. The number of ether oxygens (including phenoxy) is 2. The number of aliphatic carboxylic acids is 1. The lowest BCUT2D eigenvalue weighted by atomic mass is 10.2. The Morgan fingerprint density at radius 3 is 2.62 bits per heavy atom. The average molecular weight is 660 g/mol. The number of halogens is 3. The number of aromatic nitrogens is 2. The van der Waals surface area contributed by atoms with E-state index in [1.54, 1.807) is 18.2 Å². The summed E-state index contributed by atoms with van der Waals surface area (Å²) in [6.07, 6.45) is 1.81. The van der Waals surface area contributed by atoms with Gasteiger partial charge < -0.3 is 14.6 Å². The Balaban J connectivity index is 2.13. The molecule has 0 saturated heterocycles. The Kier molecular flexibility index (Phi) is 8.89. The highest BCUT2D eigenvalue weighted by Crippen LogP contribution is 2.43. The van der Waals surface area contributed by atoms with Gasteiger partial charge in [-0.05, 0) is 76.4 Å². The van der Waals surface area contributed by atoms with Crippen LogP contribution in [0, 0.1) is 0 Å². The van der Waals surface area contributed by atoms with Gasteiger partial charge in [0, 0.05) is 20.9 Å². The minimum Gasteiger partial charge on any atom is -0.490 e. The van der Waals surface area contributed by atoms with Gasteiger partial charge in [-0.3, -0.25) is 4.79 Å². The molecule has 0 spiro atoms. The summed E-state index contributed by atoms with van der Waals surface area (Å²) < 4.78 is 14.4. The van der Waals surface area contributed by atoms with Gasteiger partial charge in [0.1, 0.15) is 5.82 Å². The van der Waals surface area contributed by atoms with Crippen LogP contribution in [0.3, 0.4) is 0 Å². The van der Waals surface area contributed by atoms with Crippen molar-refractivity contribution in [1.82, 2.24) is 9.66 Å². The molecule has 0 unspecified atom stereocenters. The molecule has 180 valence electrons. The molecule has 1 aromatic heterocycles. The maximum atomic E-state index is 13.2. The van der Waals surface area contributed by atoms with Gasteiger partial charge in [0.05, 0.1) is 28.2 Å². The van der Waals surface area contributed by atoms with Crippen LogP contribution in [0.4, 0.5) is 0 Å². The van der Waals surface area contributed by atoms with E-state index in [2.05, 4.69) is 57.9 Å². The van der Waals surface area contributed by atoms with Crippen LogP contribution in [0.15, 0.2) is 47.6 Å². The molecule has 0 radical (unpaired) electrons. The maximum absolute atomic E-state index is 13.2. The fraction of sp³-hybridized carbons (Fsp3) is 0.304. The summed E-state index contributed by atoms with van der Waals surface area (Å²) in [5.74, 6) is 0.0408. The third-order valence-electron chi connectivity index (χ3n) is 4.76. The molecule has 0 bridgehead atoms. The summed E-state index contributed by atoms with van der Waals surface area (Å²) in [5, 5.41) is 14.1. The molecular formula is C23H22Br3N3O5. The topological polar surface area (TPSA) is 103 Å². The van der Waals surface area contributed by atoms with Crippen molar-refractivity contribution in [2.24, 2.45) is 5.10 Å². The molecule has 1 heterocycles. The van der Waals surface area contributed by atoms with Gasteiger partial charge in [0.15, 0.2) is 17.6 Å². The highest BCUT2D eigenvalue weighted by atomic mass is 79.9. The Bertz CT molecular complexity index is 1320. The number of hydrogen-bond acceptors (Lipinski definition) is 6. The number of hydrogen-bond donors (Lipinski definition) is 1. The molecule has 1 N–H and O–H groups in total. The van der Waals surface area contributed by atoms with E-state index in [0.29, 0.717) is 50.0 Å². The van der Waals surface area contributed by atoms with E-state index in [1.807, 2.05) is 19.9 Å². The molecule has 3 aromatic rings. The van der Waals surface area contributed by atoms with Gasteiger partial charge in [-0.1, -0.05) is 22.9 Å². The largest absolute Gasteiger partial charge is 0.490 e. The molecule has 0 aliphatic carbocycles. The zero-order valence-electron chi connectivity index (χ0n) is 18.6. The average Bonchev–Trinajstić information content (AvgIpc) is 2.79. The van der Waals surface area contributed by atoms with Crippen LogP contribution in [0.2, 0.25) is 0 Å². The molecule has 0 aliphatic heterocycles. The standard InChI is InChI=1S/C23H22Br3N3O5/c1-4-6-18-28-16-8-7-14(24)10-15(16)22(30)29(18)27-11-13-9-17(33-5-2)21(20(26)19(13)25)34-12(3)23(31)32/h7-12H,4-6H2,1-3H3,(H,31,32)/t12-/m0/s1. The van der Waals surface area contributed by atoms with Crippen molar-refractivity contribution < 1.29 is 19.4 Å². The van der Waals surface area contributed by atoms with E-state index in [9.17, 15) is 14.7 Å². The van der Waals surface area contributed by atoms with Crippen LogP contribution in [0.5, 0.6) is 11.5 Å². The minimum atomic E-state index is -1.10. The molecule has 3 rings (SSSR count). The zero-order valence-corrected chi connectivity index (χ0v) is 23.4. The van der Waals surface area contributed by atoms with E-state index in [0.717, 1.165) is 10.9 Å². The van der Waals surface area contributed by atoms with Crippen molar-refractivity contribution in [3.8, 4) is 11.5 Å². The van der Waals surface area contributed by atoms with Crippen molar-refractivity contribution in [1.29, 1.82) is 0 Å². The number of carboxylic acids is 1. The Morgan fingerprint density at radius 1 is 1.24 bits per heavy atom. The van der Waals surface area contributed by atoms with Gasteiger partial charge in [0.2, 0.25) is 0 Å². The fourth-order valence-corrected chi connectivity index (χ4v) is 4.39. The van der Waals surface area contributed by atoms with Gasteiger partial charge in [-0.25, -0.2) is 9.78 Å². The highest BCUT2D eigenvalue weighted by Gasteiger charge is 2.22. The van der Waals surface area contributed by atoms with E-state index < -0.39 is 12.1 Å². The molecule has 0 saturated carbocycles. The predicted octanol–water partition coefficient (Wildman–Crippen LogP) is 5.77. The first-order chi connectivity index (χ1) is 16.2. The lowest BCUT2D eigenvalue weighted by molar-refractivity contribution is -0.144. The van der Waals surface area contributed by atoms with Gasteiger partial charge in [-0.2, -0.15) is 9.78 Å². The number of aryl methyl sites for hydroxylation is 1. The van der Waals surface area contributed by atoms with E-state index in [-0.39, 0.29) is 11.3 Å². The van der Waals surface area contributed by atoms with Crippen LogP contribution in [-0.2, 0) is 11.2 Å². The van der Waals surface area contributed by atoms with Crippen LogP contribution >= 0.6 is 47.8 Å². The number of fused-ring (bicyclic) bond motifs is 1. The third-order valence-corrected chi connectivity index (χ3v) is 7.40. The van der Waals surface area contributed by atoms with Crippen molar-refractivity contribution in [3.63, 3.8) is 0 Å². The molecule has 0 amide bonds. The molecular weight excluding hydrogens is 638 g/mol. The minimum absolute atomic E-state index is 0.252. The van der Waals surface area contributed by atoms with Gasteiger partial charge >= 0.3 is 5.97 Å². The Morgan fingerprint density at radius 2 is 1.97 bits per heavy atom. The normalized spacial score (nSPS) is 12.3. The summed E-state index contributed by atoms with van der Waals surface area (Å²) in [6.45, 7) is 5.58. The van der Waals surface area contributed by atoms with E-state index >= 15 is 0 Å². The molecule has 34 heavy (non-hydrogen) atoms. The predicted molar refractivity (Wildman–Crippen MR) is 141 cm³/mol. The number of carboxylic acid groups (broad SMARTS) is 1. The number of benzene rings is 2. The van der Waals surface area contributed by atoms with E-state index in [4.69, 9.17) is 9.47 Å². The first-order valence-electron chi connectivity index (χ1n) is 10.5. The molecule has 2 aromatic carbocycles. The number of carbonyl (C=O) groups is 1. The van der Waals surface area contributed by atoms with Crippen LogP contribution < -0.4 is 15.0 Å². The van der Waals surface area contributed by atoms with Crippen LogP contribution in [0.25, 0.3) is 10.9 Å². The molecule has 8 nitrogen and oxygen atoms in total. The van der Waals surface area contributed by atoms with Gasteiger partial charge in [-0.15, -0.1) is 0 Å². The third kappa shape index (κ3) is 5.69. The summed E-state index contributed by atoms with van der Waals surface area (Å²) in [5.41, 5.74) is 0.926. The van der Waals surface area contributed by atoms with Crippen LogP contribution in [-0.4, -0.2) is 39.7 Å². The molecule has 0 aliphatic rings. The molecule has 0 fully saturated rings. The fourth-order valence-electron chi connectivity index (χ4n) is 3.12. The Labute approximate surface area is 221 Å². The second-order valence-corrected chi connectivity index (χ2v) is 9.76. The van der Waals surface area contributed by atoms with Crippen LogP contribution in [0.1, 0.15) is 38.6 Å². The second-order valence-electron chi connectivity index (χ2n) is 7.25. The number of rotatable bonds is 9. The highest BCUT2D eigenvalue weighted by molar-refractivity contribution is 9.13. The SMILES string of the molecule is CCCc1nc2ccc(Br)cc2c(=O)n1N=Cc1cc(OCC)c(O[C@@H](C)C(=O)O)c(Br)c1Br. The number of nitrogens with zero attached hydrogens (tertiary/aromatic N) is 3. The summed E-state index contributed by atoms with van der Waals surface area (Å²) in [7, 11) is 0. The zero-order chi connectivity index (χ0) is 25.0. The maximum Gasteiger partial charge on any atom is 0.344 e.